The van der Waals surface area contributed by atoms with Gasteiger partial charge in [0, 0.05) is 18.9 Å². The molecule has 0 saturated heterocycles. The number of fused-ring (bicyclic) bond motifs is 1. The number of carbonyl (C=O) groups is 1. The average molecular weight is 247 g/mol. The van der Waals surface area contributed by atoms with Crippen molar-refractivity contribution in [3.63, 3.8) is 0 Å². The summed E-state index contributed by atoms with van der Waals surface area (Å²) in [6, 6.07) is 8.27. The topological polar surface area (TPSA) is 38.3 Å². The monoisotopic (exact) mass is 247 g/mol. The number of carbonyl (C=O) groups excluding carboxylic acids is 1. The molecule has 98 valence electrons. The van der Waals surface area contributed by atoms with Gasteiger partial charge in [0.25, 0.3) is 0 Å². The van der Waals surface area contributed by atoms with E-state index in [2.05, 4.69) is 17.4 Å². The zero-order valence-corrected chi connectivity index (χ0v) is 11.1. The second-order valence-corrected chi connectivity index (χ2v) is 4.94. The Morgan fingerprint density at radius 2 is 2.28 bits per heavy atom. The third kappa shape index (κ3) is 2.98. The first-order valence-electron chi connectivity index (χ1n) is 6.59. The van der Waals surface area contributed by atoms with Crippen LogP contribution < -0.4 is 5.32 Å². The summed E-state index contributed by atoms with van der Waals surface area (Å²) in [5.74, 6) is 0.318. The van der Waals surface area contributed by atoms with Gasteiger partial charge in [-0.15, -0.1) is 0 Å². The maximum Gasteiger partial charge on any atom is 0.139 e. The highest BCUT2D eigenvalue weighted by Gasteiger charge is 2.24. The molecule has 3 nitrogen and oxygen atoms in total. The molecule has 1 aliphatic rings. The van der Waals surface area contributed by atoms with Crippen molar-refractivity contribution in [2.24, 2.45) is 5.92 Å². The van der Waals surface area contributed by atoms with Crippen LogP contribution in [-0.2, 0) is 16.0 Å². The number of nitrogens with one attached hydrogen (secondary N) is 1. The second-order valence-electron chi connectivity index (χ2n) is 4.94. The molecular weight excluding hydrogens is 226 g/mol. The standard InChI is InChI=1S/C15H21NO2/c1-11(10-16-2)14(17)9-15-13-6-4-3-5-12(13)7-8-18-15/h3-6,11,15-16H,7-10H2,1-2H3. The summed E-state index contributed by atoms with van der Waals surface area (Å²) in [6.45, 7) is 3.41. The van der Waals surface area contributed by atoms with Crippen molar-refractivity contribution in [1.29, 1.82) is 0 Å². The van der Waals surface area contributed by atoms with Gasteiger partial charge >= 0.3 is 0 Å². The average Bonchev–Trinajstić information content (AvgIpc) is 2.39. The fourth-order valence-corrected chi connectivity index (χ4v) is 2.45. The number of Topliss-reactive ketones (excluding diaryl/α,β-unsaturated/α-hetero) is 1. The van der Waals surface area contributed by atoms with E-state index in [-0.39, 0.29) is 17.8 Å². The van der Waals surface area contributed by atoms with Gasteiger partial charge in [0.1, 0.15) is 5.78 Å². The van der Waals surface area contributed by atoms with Gasteiger partial charge < -0.3 is 10.1 Å². The Morgan fingerprint density at radius 3 is 3.06 bits per heavy atom. The van der Waals surface area contributed by atoms with Crippen LogP contribution in [0.15, 0.2) is 24.3 Å². The minimum atomic E-state index is -0.0539. The molecule has 0 radical (unpaired) electrons. The predicted octanol–water partition coefficient (Wildman–Crippen LogP) is 2.12. The molecule has 0 aromatic heterocycles. The van der Waals surface area contributed by atoms with Crippen molar-refractivity contribution >= 4 is 5.78 Å². The Morgan fingerprint density at radius 1 is 1.50 bits per heavy atom. The van der Waals surface area contributed by atoms with Crippen LogP contribution in [-0.4, -0.2) is 26.0 Å². The van der Waals surface area contributed by atoms with E-state index >= 15 is 0 Å². The van der Waals surface area contributed by atoms with Crippen molar-refractivity contribution in [1.82, 2.24) is 5.32 Å². The summed E-state index contributed by atoms with van der Waals surface area (Å²) in [5, 5.41) is 3.04. The SMILES string of the molecule is CNCC(C)C(=O)CC1OCCc2ccccc21. The van der Waals surface area contributed by atoms with Gasteiger partial charge in [0.05, 0.1) is 12.7 Å². The number of benzene rings is 1. The van der Waals surface area contributed by atoms with Crippen molar-refractivity contribution in [2.75, 3.05) is 20.2 Å². The molecule has 0 aliphatic carbocycles. The first kappa shape index (κ1) is 13.2. The van der Waals surface area contributed by atoms with E-state index in [1.165, 1.54) is 11.1 Å². The lowest BCUT2D eigenvalue weighted by Crippen LogP contribution is -2.27. The lowest BCUT2D eigenvalue weighted by molar-refractivity contribution is -0.125. The maximum atomic E-state index is 12.1. The minimum absolute atomic E-state index is 0.0488. The van der Waals surface area contributed by atoms with Gasteiger partial charge in [-0.05, 0) is 24.6 Å². The highest BCUT2D eigenvalue weighted by Crippen LogP contribution is 2.30. The van der Waals surface area contributed by atoms with Gasteiger partial charge in [0.2, 0.25) is 0 Å². The van der Waals surface area contributed by atoms with E-state index in [1.54, 1.807) is 0 Å². The largest absolute Gasteiger partial charge is 0.373 e. The number of rotatable bonds is 5. The van der Waals surface area contributed by atoms with E-state index in [4.69, 9.17) is 4.74 Å². The Labute approximate surface area is 109 Å². The van der Waals surface area contributed by atoms with Gasteiger partial charge in [-0.25, -0.2) is 0 Å². The molecule has 18 heavy (non-hydrogen) atoms. The van der Waals surface area contributed by atoms with Gasteiger partial charge in [0.15, 0.2) is 0 Å². The molecule has 0 spiro atoms. The van der Waals surface area contributed by atoms with Crippen LogP contribution in [0.4, 0.5) is 0 Å². The fourth-order valence-electron chi connectivity index (χ4n) is 2.45. The number of hydrogen-bond donors (Lipinski definition) is 1. The molecule has 1 aliphatic heterocycles. The first-order valence-corrected chi connectivity index (χ1v) is 6.59. The Bertz CT molecular complexity index is 417. The zero-order valence-electron chi connectivity index (χ0n) is 11.1. The smallest absolute Gasteiger partial charge is 0.139 e. The molecule has 1 aromatic rings. The highest BCUT2D eigenvalue weighted by molar-refractivity contribution is 5.81. The third-order valence-corrected chi connectivity index (χ3v) is 3.54. The van der Waals surface area contributed by atoms with Gasteiger partial charge in [-0.3, -0.25) is 4.79 Å². The number of hydrogen-bond acceptors (Lipinski definition) is 3. The Balaban J connectivity index is 2.05. The van der Waals surface area contributed by atoms with E-state index in [1.807, 2.05) is 26.1 Å². The van der Waals surface area contributed by atoms with Crippen molar-refractivity contribution in [2.45, 2.75) is 25.9 Å². The van der Waals surface area contributed by atoms with Crippen LogP contribution >= 0.6 is 0 Å². The van der Waals surface area contributed by atoms with Gasteiger partial charge in [-0.2, -0.15) is 0 Å². The van der Waals surface area contributed by atoms with Crippen LogP contribution in [0.1, 0.15) is 30.6 Å². The number of ether oxygens (including phenoxy) is 1. The third-order valence-electron chi connectivity index (χ3n) is 3.54. The molecule has 0 amide bonds. The summed E-state index contributed by atoms with van der Waals surface area (Å²) < 4.78 is 5.76. The van der Waals surface area contributed by atoms with Crippen molar-refractivity contribution in [3.8, 4) is 0 Å². The minimum Gasteiger partial charge on any atom is -0.373 e. The van der Waals surface area contributed by atoms with E-state index < -0.39 is 0 Å². The normalized spacial score (nSPS) is 20.2. The van der Waals surface area contributed by atoms with E-state index in [0.29, 0.717) is 6.42 Å². The molecule has 2 unspecified atom stereocenters. The summed E-state index contributed by atoms with van der Waals surface area (Å²) in [6.07, 6.45) is 1.38. The lowest BCUT2D eigenvalue weighted by atomic mass is 9.92. The maximum absolute atomic E-state index is 12.1. The van der Waals surface area contributed by atoms with Crippen molar-refractivity contribution in [3.05, 3.63) is 35.4 Å². The van der Waals surface area contributed by atoms with Crippen LogP contribution in [0.3, 0.4) is 0 Å². The molecule has 0 fully saturated rings. The quantitative estimate of drug-likeness (QED) is 0.866. The molecule has 1 aromatic carbocycles. The molecule has 1 heterocycles. The molecular formula is C15H21NO2. The Kier molecular flexibility index (Phi) is 4.50. The van der Waals surface area contributed by atoms with E-state index in [9.17, 15) is 4.79 Å². The van der Waals surface area contributed by atoms with Crippen LogP contribution in [0.5, 0.6) is 0 Å². The molecule has 2 atom stereocenters. The van der Waals surface area contributed by atoms with E-state index in [0.717, 1.165) is 19.6 Å². The molecule has 3 heteroatoms. The van der Waals surface area contributed by atoms with Crippen LogP contribution in [0, 0.1) is 5.92 Å². The summed E-state index contributed by atoms with van der Waals surface area (Å²) in [4.78, 5) is 12.1. The molecule has 0 bridgehead atoms. The highest BCUT2D eigenvalue weighted by atomic mass is 16.5. The summed E-state index contributed by atoms with van der Waals surface area (Å²) in [7, 11) is 1.87. The first-order chi connectivity index (χ1) is 8.72. The predicted molar refractivity (Wildman–Crippen MR) is 71.6 cm³/mol. The summed E-state index contributed by atoms with van der Waals surface area (Å²) >= 11 is 0. The molecule has 2 rings (SSSR count). The number of ketones is 1. The second kappa shape index (κ2) is 6.12. The molecule has 1 N–H and O–H groups in total. The lowest BCUT2D eigenvalue weighted by Gasteiger charge is -2.26. The zero-order chi connectivity index (χ0) is 13.0. The van der Waals surface area contributed by atoms with Crippen LogP contribution in [0.2, 0.25) is 0 Å². The summed E-state index contributed by atoms with van der Waals surface area (Å²) in [5.41, 5.74) is 2.51. The van der Waals surface area contributed by atoms with Gasteiger partial charge in [-0.1, -0.05) is 31.2 Å². The van der Waals surface area contributed by atoms with Crippen LogP contribution in [0.25, 0.3) is 0 Å². The van der Waals surface area contributed by atoms with Crippen molar-refractivity contribution < 1.29 is 9.53 Å². The molecule has 0 saturated carbocycles. The Hall–Kier alpha value is -1.19. The fraction of sp³-hybridized carbons (Fsp3) is 0.533.